The average Bonchev–Trinajstić information content (AvgIpc) is 3.21. The van der Waals surface area contributed by atoms with Crippen molar-refractivity contribution >= 4 is 63.8 Å². The van der Waals surface area contributed by atoms with Gasteiger partial charge in [-0.25, -0.2) is 0 Å². The third kappa shape index (κ3) is 5.24. The Hall–Kier alpha value is -2.41. The maximum Gasteiger partial charge on any atom is 0.308 e. The van der Waals surface area contributed by atoms with Crippen molar-refractivity contribution in [3.8, 4) is 0 Å². The van der Waals surface area contributed by atoms with Crippen molar-refractivity contribution in [2.75, 3.05) is 20.2 Å². The molecule has 2 heterocycles. The highest BCUT2D eigenvalue weighted by atomic mass is 35.5. The van der Waals surface area contributed by atoms with E-state index < -0.39 is 0 Å². The molecule has 1 amide bonds. The van der Waals surface area contributed by atoms with Gasteiger partial charge in [-0.1, -0.05) is 41.0 Å². The molecule has 0 radical (unpaired) electrons. The quantitative estimate of drug-likeness (QED) is 0.314. The fourth-order valence-electron chi connectivity index (χ4n) is 3.97. The number of aryl methyl sites for hydroxylation is 1. The van der Waals surface area contributed by atoms with Gasteiger partial charge in [0.05, 0.1) is 23.1 Å². The molecule has 2 aromatic carbocycles. The summed E-state index contributed by atoms with van der Waals surface area (Å²) in [4.78, 5) is 27.9. The van der Waals surface area contributed by atoms with Crippen molar-refractivity contribution in [1.82, 2.24) is 9.47 Å². The molecule has 5 nitrogen and oxygen atoms in total. The third-order valence-corrected chi connectivity index (χ3v) is 7.97. The largest absolute Gasteiger partial charge is 0.469 e. The molecule has 0 unspecified atom stereocenters. The molecule has 0 aliphatic carbocycles. The molecule has 1 aliphatic heterocycles. The number of amides is 1. The summed E-state index contributed by atoms with van der Waals surface area (Å²) in [6, 6.07) is 12.1. The molecule has 1 fully saturated rings. The Morgan fingerprint density at radius 3 is 2.58 bits per heavy atom. The molecule has 1 aromatic heterocycles. The Labute approximate surface area is 207 Å². The lowest BCUT2D eigenvalue weighted by Gasteiger charge is -2.29. The molecule has 0 atom stereocenters. The van der Waals surface area contributed by atoms with Gasteiger partial charge in [-0.15, -0.1) is 0 Å². The predicted octanol–water partition coefficient (Wildman–Crippen LogP) is 6.06. The van der Waals surface area contributed by atoms with E-state index in [0.717, 1.165) is 9.79 Å². The Bertz CT molecular complexity index is 1230. The van der Waals surface area contributed by atoms with Crippen LogP contribution in [0.3, 0.4) is 0 Å². The molecule has 1 aliphatic rings. The first-order chi connectivity index (χ1) is 15.9. The van der Waals surface area contributed by atoms with Gasteiger partial charge in [0.2, 0.25) is 5.91 Å². The number of hydrogen-bond donors (Lipinski definition) is 0. The summed E-state index contributed by atoms with van der Waals surface area (Å²) in [6.45, 7) is 1.05. The van der Waals surface area contributed by atoms with Gasteiger partial charge in [0.25, 0.3) is 0 Å². The van der Waals surface area contributed by atoms with Crippen LogP contribution in [-0.2, 0) is 21.4 Å². The minimum atomic E-state index is -0.208. The topological polar surface area (TPSA) is 51.5 Å². The Morgan fingerprint density at radius 2 is 1.85 bits per heavy atom. The summed E-state index contributed by atoms with van der Waals surface area (Å²) in [5, 5.41) is 2.04. The maximum atomic E-state index is 12.6. The Morgan fingerprint density at radius 1 is 1.09 bits per heavy atom. The lowest BCUT2D eigenvalue weighted by Crippen LogP contribution is -2.39. The second-order valence-electron chi connectivity index (χ2n) is 7.99. The number of nitrogens with zero attached hydrogens (tertiary/aromatic N) is 2. The molecule has 0 saturated carbocycles. The predicted molar refractivity (Wildman–Crippen MR) is 134 cm³/mol. The van der Waals surface area contributed by atoms with Gasteiger partial charge in [-0.2, -0.15) is 0 Å². The molecule has 0 N–H and O–H groups in total. The van der Waals surface area contributed by atoms with Crippen molar-refractivity contribution in [2.45, 2.75) is 22.6 Å². The number of likely N-dealkylation sites (tertiary alicyclic amines) is 1. The second kappa shape index (κ2) is 10.2. The van der Waals surface area contributed by atoms with Crippen molar-refractivity contribution in [2.24, 2.45) is 13.0 Å². The average molecular weight is 503 g/mol. The van der Waals surface area contributed by atoms with Crippen molar-refractivity contribution in [1.29, 1.82) is 0 Å². The summed E-state index contributed by atoms with van der Waals surface area (Å²) in [7, 11) is 3.41. The number of hydrogen-bond acceptors (Lipinski definition) is 4. The fraction of sp³-hybridized carbons (Fsp3) is 0.280. The number of rotatable bonds is 5. The van der Waals surface area contributed by atoms with Crippen LogP contribution < -0.4 is 0 Å². The number of methoxy groups -OCH3 is 1. The first-order valence-electron chi connectivity index (χ1n) is 10.6. The SMILES string of the molecule is COC(=O)C1CCN(C(=O)C=Cc2ccc(Sc3ccc4c(ccn4C)c3)c(Cl)c2Cl)CC1. The number of aromatic nitrogens is 1. The van der Waals surface area contributed by atoms with Crippen molar-refractivity contribution in [3.63, 3.8) is 0 Å². The van der Waals surface area contributed by atoms with Crippen LogP contribution in [0.2, 0.25) is 10.0 Å². The zero-order valence-electron chi connectivity index (χ0n) is 18.4. The Kier molecular flexibility index (Phi) is 7.37. The second-order valence-corrected chi connectivity index (χ2v) is 9.86. The monoisotopic (exact) mass is 502 g/mol. The first-order valence-corrected chi connectivity index (χ1v) is 12.2. The van der Waals surface area contributed by atoms with E-state index in [1.54, 1.807) is 22.7 Å². The van der Waals surface area contributed by atoms with Crippen LogP contribution in [0, 0.1) is 5.92 Å². The van der Waals surface area contributed by atoms with E-state index in [1.807, 2.05) is 25.4 Å². The number of ether oxygens (including phenoxy) is 1. The summed E-state index contributed by atoms with van der Waals surface area (Å²) in [6.07, 6.45) is 6.45. The zero-order valence-corrected chi connectivity index (χ0v) is 20.7. The highest BCUT2D eigenvalue weighted by molar-refractivity contribution is 7.99. The highest BCUT2D eigenvalue weighted by Gasteiger charge is 2.27. The number of benzene rings is 2. The van der Waals surface area contributed by atoms with E-state index in [9.17, 15) is 9.59 Å². The number of fused-ring (bicyclic) bond motifs is 1. The van der Waals surface area contributed by atoms with E-state index in [2.05, 4.69) is 28.8 Å². The number of piperidine rings is 1. The molecular weight excluding hydrogens is 479 g/mol. The fourth-order valence-corrected chi connectivity index (χ4v) is 5.45. The van der Waals surface area contributed by atoms with Gasteiger partial charge < -0.3 is 14.2 Å². The van der Waals surface area contributed by atoms with E-state index in [0.29, 0.717) is 41.5 Å². The van der Waals surface area contributed by atoms with Gasteiger partial charge in [-0.3, -0.25) is 9.59 Å². The molecule has 8 heteroatoms. The van der Waals surface area contributed by atoms with E-state index in [-0.39, 0.29) is 17.8 Å². The van der Waals surface area contributed by atoms with Gasteiger partial charge in [0.15, 0.2) is 0 Å². The summed E-state index contributed by atoms with van der Waals surface area (Å²) in [5.74, 6) is -0.454. The molecule has 3 aromatic rings. The van der Waals surface area contributed by atoms with Crippen LogP contribution in [-0.4, -0.2) is 41.5 Å². The minimum absolute atomic E-state index is 0.111. The zero-order chi connectivity index (χ0) is 23.5. The molecule has 172 valence electrons. The smallest absolute Gasteiger partial charge is 0.308 e. The summed E-state index contributed by atoms with van der Waals surface area (Å²) >= 11 is 14.6. The highest BCUT2D eigenvalue weighted by Crippen LogP contribution is 2.40. The van der Waals surface area contributed by atoms with Crippen LogP contribution in [0.5, 0.6) is 0 Å². The summed E-state index contributed by atoms with van der Waals surface area (Å²) < 4.78 is 6.88. The van der Waals surface area contributed by atoms with E-state index >= 15 is 0 Å². The van der Waals surface area contributed by atoms with E-state index in [1.165, 1.54) is 24.1 Å². The molecule has 0 spiro atoms. The van der Waals surface area contributed by atoms with Crippen LogP contribution >= 0.6 is 35.0 Å². The van der Waals surface area contributed by atoms with Crippen LogP contribution in [0.25, 0.3) is 17.0 Å². The molecule has 4 rings (SSSR count). The number of carbonyl (C=O) groups excluding carboxylic acids is 2. The lowest BCUT2D eigenvalue weighted by molar-refractivity contribution is -0.148. The van der Waals surface area contributed by atoms with Crippen molar-refractivity contribution < 1.29 is 14.3 Å². The molecule has 33 heavy (non-hydrogen) atoms. The summed E-state index contributed by atoms with van der Waals surface area (Å²) in [5.41, 5.74) is 1.85. The lowest BCUT2D eigenvalue weighted by atomic mass is 9.97. The molecular formula is C25H24Cl2N2O3S. The van der Waals surface area contributed by atoms with Gasteiger partial charge in [0, 0.05) is 53.1 Å². The number of halogens is 2. The van der Waals surface area contributed by atoms with Gasteiger partial charge in [-0.05, 0) is 54.8 Å². The van der Waals surface area contributed by atoms with Crippen LogP contribution in [0.15, 0.2) is 58.5 Å². The molecule has 1 saturated heterocycles. The number of carbonyl (C=O) groups is 2. The third-order valence-electron chi connectivity index (χ3n) is 5.91. The van der Waals surface area contributed by atoms with E-state index in [4.69, 9.17) is 27.9 Å². The van der Waals surface area contributed by atoms with Crippen LogP contribution in [0.1, 0.15) is 18.4 Å². The normalized spacial score (nSPS) is 14.8. The van der Waals surface area contributed by atoms with Crippen LogP contribution in [0.4, 0.5) is 0 Å². The molecule has 0 bridgehead atoms. The minimum Gasteiger partial charge on any atom is -0.469 e. The Balaban J connectivity index is 1.43. The first kappa shape index (κ1) is 23.7. The number of esters is 1. The maximum absolute atomic E-state index is 12.6. The van der Waals surface area contributed by atoms with Gasteiger partial charge >= 0.3 is 5.97 Å². The standard InChI is InChI=1S/C25H24Cl2N2O3S/c1-28-12-9-18-15-19(5-6-20(18)28)33-21-7-3-16(23(26)24(21)27)4-8-22(30)29-13-10-17(11-14-29)25(31)32-2/h3-9,12,15,17H,10-11,13-14H2,1-2H3. The van der Waals surface area contributed by atoms with Gasteiger partial charge in [0.1, 0.15) is 0 Å². The van der Waals surface area contributed by atoms with Crippen molar-refractivity contribution in [3.05, 3.63) is 64.3 Å².